The number of carboxylic acids is 1. The molecule has 64 valence electrons. The SMILES string of the molecule is O=C(O)CC[AsH]c1ccccc1. The second-order valence-electron chi connectivity index (χ2n) is 2.44. The van der Waals surface area contributed by atoms with Gasteiger partial charge in [-0.1, -0.05) is 0 Å². The van der Waals surface area contributed by atoms with Crippen LogP contribution in [0.2, 0.25) is 5.21 Å². The van der Waals surface area contributed by atoms with Gasteiger partial charge in [0.15, 0.2) is 0 Å². The Morgan fingerprint density at radius 3 is 2.58 bits per heavy atom. The standard InChI is InChI=1S/C9H11AsO2/c11-9(12)6-7-10-8-4-2-1-3-5-8/h1-5,10H,6-7H2,(H,11,12). The van der Waals surface area contributed by atoms with Gasteiger partial charge in [-0.2, -0.15) is 0 Å². The topological polar surface area (TPSA) is 37.3 Å². The van der Waals surface area contributed by atoms with Gasteiger partial charge in [-0.15, -0.1) is 0 Å². The Morgan fingerprint density at radius 2 is 2.00 bits per heavy atom. The number of rotatable bonds is 4. The Kier molecular flexibility index (Phi) is 3.89. The molecule has 0 aromatic heterocycles. The number of hydrogen-bond acceptors (Lipinski definition) is 1. The molecule has 0 heterocycles. The molecule has 12 heavy (non-hydrogen) atoms. The van der Waals surface area contributed by atoms with E-state index in [-0.39, 0.29) is 15.8 Å². The van der Waals surface area contributed by atoms with Gasteiger partial charge in [0, 0.05) is 0 Å². The van der Waals surface area contributed by atoms with Crippen LogP contribution in [0.4, 0.5) is 0 Å². The molecule has 0 aliphatic carbocycles. The minimum atomic E-state index is -0.685. The molecule has 0 radical (unpaired) electrons. The number of carbonyl (C=O) groups is 1. The van der Waals surface area contributed by atoms with Crippen molar-refractivity contribution in [1.82, 2.24) is 0 Å². The maximum absolute atomic E-state index is 10.2. The molecule has 0 amide bonds. The van der Waals surface area contributed by atoms with E-state index < -0.39 is 5.97 Å². The molecule has 1 atom stereocenters. The Bertz CT molecular complexity index is 246. The Hall–Kier alpha value is -0.752. The van der Waals surface area contributed by atoms with Crippen LogP contribution in [0.1, 0.15) is 6.42 Å². The molecule has 1 aromatic carbocycles. The first-order valence-corrected chi connectivity index (χ1v) is 6.33. The van der Waals surface area contributed by atoms with E-state index in [9.17, 15) is 4.79 Å². The molecular weight excluding hydrogens is 215 g/mol. The zero-order valence-corrected chi connectivity index (χ0v) is 8.75. The summed E-state index contributed by atoms with van der Waals surface area (Å²) in [5, 5.41) is 9.26. The van der Waals surface area contributed by atoms with Gasteiger partial charge in [0.05, 0.1) is 0 Å². The molecule has 0 aliphatic rings. The molecule has 0 fully saturated rings. The van der Waals surface area contributed by atoms with Gasteiger partial charge in [0.2, 0.25) is 0 Å². The van der Waals surface area contributed by atoms with Crippen LogP contribution in [0, 0.1) is 0 Å². The van der Waals surface area contributed by atoms with E-state index in [0.717, 1.165) is 5.21 Å². The monoisotopic (exact) mass is 226 g/mol. The summed E-state index contributed by atoms with van der Waals surface area (Å²) in [4.78, 5) is 10.2. The van der Waals surface area contributed by atoms with Gasteiger partial charge < -0.3 is 0 Å². The van der Waals surface area contributed by atoms with Crippen LogP contribution < -0.4 is 4.35 Å². The fraction of sp³-hybridized carbons (Fsp3) is 0.222. The molecule has 3 heteroatoms. The first-order chi connectivity index (χ1) is 5.79. The van der Waals surface area contributed by atoms with Crippen molar-refractivity contribution in [1.29, 1.82) is 0 Å². The second kappa shape index (κ2) is 4.99. The van der Waals surface area contributed by atoms with Crippen molar-refractivity contribution in [2.24, 2.45) is 0 Å². The summed E-state index contributed by atoms with van der Waals surface area (Å²) in [5.41, 5.74) is 0. The second-order valence-corrected chi connectivity index (χ2v) is 5.44. The average Bonchev–Trinajstić information content (AvgIpc) is 2.05. The molecule has 1 N–H and O–H groups in total. The van der Waals surface area contributed by atoms with Gasteiger partial charge in [-0.25, -0.2) is 0 Å². The first-order valence-electron chi connectivity index (χ1n) is 3.80. The predicted molar refractivity (Wildman–Crippen MR) is 50.3 cm³/mol. The Morgan fingerprint density at radius 1 is 1.33 bits per heavy atom. The van der Waals surface area contributed by atoms with E-state index in [2.05, 4.69) is 12.1 Å². The van der Waals surface area contributed by atoms with Crippen molar-refractivity contribution in [2.45, 2.75) is 11.6 Å². The molecular formula is C9H11AsO2. The number of aliphatic carboxylic acids is 1. The van der Waals surface area contributed by atoms with Crippen molar-refractivity contribution in [3.8, 4) is 0 Å². The van der Waals surface area contributed by atoms with E-state index in [4.69, 9.17) is 5.11 Å². The molecule has 0 aliphatic heterocycles. The summed E-state index contributed by atoms with van der Waals surface area (Å²) < 4.78 is 1.33. The third kappa shape index (κ3) is 3.58. The predicted octanol–water partition coefficient (Wildman–Crippen LogP) is 0.641. The number of hydrogen-bond donors (Lipinski definition) is 1. The molecule has 0 saturated heterocycles. The van der Waals surface area contributed by atoms with Gasteiger partial charge in [0.1, 0.15) is 0 Å². The molecule has 0 spiro atoms. The summed E-state index contributed by atoms with van der Waals surface area (Å²) in [6, 6.07) is 10.1. The van der Waals surface area contributed by atoms with Gasteiger partial charge in [-0.05, 0) is 0 Å². The quantitative estimate of drug-likeness (QED) is 0.765. The van der Waals surface area contributed by atoms with Crippen molar-refractivity contribution in [3.05, 3.63) is 30.3 Å². The van der Waals surface area contributed by atoms with E-state index in [0.29, 0.717) is 6.42 Å². The average molecular weight is 226 g/mol. The van der Waals surface area contributed by atoms with Crippen LogP contribution in [-0.4, -0.2) is 26.8 Å². The Balaban J connectivity index is 2.29. The summed E-state index contributed by atoms with van der Waals surface area (Å²) >= 11 is -0.216. The molecule has 0 bridgehead atoms. The third-order valence-electron chi connectivity index (χ3n) is 1.44. The summed E-state index contributed by atoms with van der Waals surface area (Å²) in [7, 11) is 0. The van der Waals surface area contributed by atoms with Gasteiger partial charge in [-0.3, -0.25) is 0 Å². The van der Waals surface area contributed by atoms with Crippen molar-refractivity contribution >= 4 is 26.1 Å². The Labute approximate surface area is 78.3 Å². The number of benzene rings is 1. The van der Waals surface area contributed by atoms with Crippen molar-refractivity contribution in [3.63, 3.8) is 0 Å². The zero-order chi connectivity index (χ0) is 8.81. The fourth-order valence-electron chi connectivity index (χ4n) is 0.870. The first kappa shape index (κ1) is 9.34. The molecule has 2 nitrogen and oxygen atoms in total. The fourth-order valence-corrected chi connectivity index (χ4v) is 3.08. The zero-order valence-electron chi connectivity index (χ0n) is 6.66. The molecule has 1 unspecified atom stereocenters. The van der Waals surface area contributed by atoms with Gasteiger partial charge >= 0.3 is 77.9 Å². The van der Waals surface area contributed by atoms with E-state index >= 15 is 0 Å². The molecule has 1 aromatic rings. The van der Waals surface area contributed by atoms with Crippen LogP contribution >= 0.6 is 0 Å². The third-order valence-corrected chi connectivity index (χ3v) is 4.05. The van der Waals surface area contributed by atoms with Crippen LogP contribution in [0.25, 0.3) is 0 Å². The van der Waals surface area contributed by atoms with Crippen molar-refractivity contribution in [2.75, 3.05) is 0 Å². The van der Waals surface area contributed by atoms with E-state index in [1.54, 1.807) is 0 Å². The van der Waals surface area contributed by atoms with Crippen LogP contribution in [0.3, 0.4) is 0 Å². The normalized spacial score (nSPS) is 10.7. The van der Waals surface area contributed by atoms with Crippen molar-refractivity contribution < 1.29 is 9.90 Å². The van der Waals surface area contributed by atoms with Gasteiger partial charge in [0.25, 0.3) is 0 Å². The minimum absolute atomic E-state index is 0.216. The summed E-state index contributed by atoms with van der Waals surface area (Å²) in [6.07, 6.45) is 0.314. The van der Waals surface area contributed by atoms with E-state index in [1.165, 1.54) is 4.35 Å². The van der Waals surface area contributed by atoms with Crippen LogP contribution in [0.5, 0.6) is 0 Å². The molecule has 1 rings (SSSR count). The molecule has 0 saturated carbocycles. The summed E-state index contributed by atoms with van der Waals surface area (Å²) in [6.45, 7) is 0. The maximum atomic E-state index is 10.2. The summed E-state index contributed by atoms with van der Waals surface area (Å²) in [5.74, 6) is -0.685. The van der Waals surface area contributed by atoms with Crippen LogP contribution in [-0.2, 0) is 4.79 Å². The van der Waals surface area contributed by atoms with Crippen LogP contribution in [0.15, 0.2) is 30.3 Å². The van der Waals surface area contributed by atoms with E-state index in [1.807, 2.05) is 18.2 Å². The number of carboxylic acid groups (broad SMARTS) is 1.